The van der Waals surface area contributed by atoms with Crippen molar-refractivity contribution in [3.05, 3.63) is 29.6 Å². The lowest BCUT2D eigenvalue weighted by Crippen LogP contribution is -2.39. The first kappa shape index (κ1) is 15.0. The molecule has 0 amide bonds. The zero-order chi connectivity index (χ0) is 14.1. The van der Waals surface area contributed by atoms with Crippen molar-refractivity contribution >= 4 is 5.69 Å². The maximum atomic E-state index is 14.1. The van der Waals surface area contributed by atoms with Crippen LogP contribution >= 0.6 is 0 Å². The zero-order valence-corrected chi connectivity index (χ0v) is 12.3. The molecule has 0 spiro atoms. The molecule has 2 unspecified atom stereocenters. The van der Waals surface area contributed by atoms with E-state index in [-0.39, 0.29) is 23.3 Å². The number of nitrogens with zero attached hydrogens (tertiary/aromatic N) is 1. The van der Waals surface area contributed by atoms with E-state index in [1.165, 1.54) is 6.07 Å². The molecule has 1 rings (SSSR count). The summed E-state index contributed by atoms with van der Waals surface area (Å²) >= 11 is 0. The molecular weight excluding hydrogens is 227 g/mol. The molecule has 2 nitrogen and oxygen atoms in total. The summed E-state index contributed by atoms with van der Waals surface area (Å²) in [4.78, 5) is 1.99. The summed E-state index contributed by atoms with van der Waals surface area (Å²) in [6, 6.07) is 5.35. The van der Waals surface area contributed by atoms with Gasteiger partial charge in [-0.05, 0) is 37.0 Å². The Morgan fingerprint density at radius 2 is 1.78 bits per heavy atom. The minimum Gasteiger partial charge on any atom is -0.369 e. The van der Waals surface area contributed by atoms with Gasteiger partial charge in [-0.15, -0.1) is 0 Å². The second-order valence-electron chi connectivity index (χ2n) is 6.15. The van der Waals surface area contributed by atoms with Crippen molar-refractivity contribution in [2.45, 2.75) is 46.7 Å². The first-order valence-corrected chi connectivity index (χ1v) is 6.42. The molecule has 0 bridgehead atoms. The number of hydrogen-bond acceptors (Lipinski definition) is 2. The highest BCUT2D eigenvalue weighted by atomic mass is 19.1. The van der Waals surface area contributed by atoms with Crippen LogP contribution in [0.15, 0.2) is 18.2 Å². The first-order valence-electron chi connectivity index (χ1n) is 6.42. The van der Waals surface area contributed by atoms with Gasteiger partial charge in [0.2, 0.25) is 0 Å². The maximum absolute atomic E-state index is 14.1. The summed E-state index contributed by atoms with van der Waals surface area (Å²) in [5.41, 5.74) is 7.31. The van der Waals surface area contributed by atoms with Crippen molar-refractivity contribution in [3.63, 3.8) is 0 Å². The van der Waals surface area contributed by atoms with Crippen molar-refractivity contribution in [1.29, 1.82) is 0 Å². The van der Waals surface area contributed by atoms with Gasteiger partial charge >= 0.3 is 0 Å². The quantitative estimate of drug-likeness (QED) is 0.888. The summed E-state index contributed by atoms with van der Waals surface area (Å²) in [5, 5.41) is 0. The van der Waals surface area contributed by atoms with Crippen LogP contribution in [-0.2, 0) is 0 Å². The van der Waals surface area contributed by atoms with Crippen LogP contribution in [0.1, 0.15) is 46.2 Å². The van der Waals surface area contributed by atoms with Crippen LogP contribution in [0.2, 0.25) is 0 Å². The lowest BCUT2D eigenvalue weighted by molar-refractivity contribution is 0.328. The highest BCUT2D eigenvalue weighted by Gasteiger charge is 2.25. The molecule has 0 radical (unpaired) electrons. The third-order valence-electron chi connectivity index (χ3n) is 3.71. The Hall–Kier alpha value is -1.09. The van der Waals surface area contributed by atoms with Crippen molar-refractivity contribution < 1.29 is 4.39 Å². The van der Waals surface area contributed by atoms with Crippen LogP contribution in [0.4, 0.5) is 10.1 Å². The molecule has 0 aliphatic heterocycles. The molecule has 3 heteroatoms. The number of benzene rings is 1. The van der Waals surface area contributed by atoms with Gasteiger partial charge in [0.25, 0.3) is 0 Å². The second kappa shape index (κ2) is 5.27. The van der Waals surface area contributed by atoms with Gasteiger partial charge in [0, 0.05) is 19.1 Å². The van der Waals surface area contributed by atoms with E-state index >= 15 is 0 Å². The molecule has 102 valence electrons. The maximum Gasteiger partial charge on any atom is 0.146 e. The van der Waals surface area contributed by atoms with E-state index < -0.39 is 0 Å². The second-order valence-corrected chi connectivity index (χ2v) is 6.15. The molecule has 0 aliphatic carbocycles. The third-order valence-corrected chi connectivity index (χ3v) is 3.71. The smallest absolute Gasteiger partial charge is 0.146 e. The van der Waals surface area contributed by atoms with Gasteiger partial charge in [-0.2, -0.15) is 0 Å². The predicted octanol–water partition coefficient (Wildman–Crippen LogP) is 3.72. The van der Waals surface area contributed by atoms with Crippen molar-refractivity contribution in [1.82, 2.24) is 0 Å². The van der Waals surface area contributed by atoms with Gasteiger partial charge < -0.3 is 10.6 Å². The number of nitrogens with two attached hydrogens (primary N) is 1. The summed E-state index contributed by atoms with van der Waals surface area (Å²) < 4.78 is 14.1. The normalized spacial score (nSPS) is 15.3. The fraction of sp³-hybridized carbons (Fsp3) is 0.600. The van der Waals surface area contributed by atoms with Crippen LogP contribution in [0.25, 0.3) is 0 Å². The van der Waals surface area contributed by atoms with Gasteiger partial charge in [-0.1, -0.05) is 26.8 Å². The van der Waals surface area contributed by atoms with Gasteiger partial charge in [-0.3, -0.25) is 0 Å². The predicted molar refractivity (Wildman–Crippen MR) is 76.3 cm³/mol. The first-order chi connectivity index (χ1) is 8.14. The van der Waals surface area contributed by atoms with E-state index in [4.69, 9.17) is 5.73 Å². The minimum absolute atomic E-state index is 0.0982. The van der Waals surface area contributed by atoms with E-state index in [0.29, 0.717) is 5.69 Å². The molecule has 2 atom stereocenters. The lowest BCUT2D eigenvalue weighted by Gasteiger charge is -2.37. The summed E-state index contributed by atoms with van der Waals surface area (Å²) in [7, 11) is 1.93. The third kappa shape index (κ3) is 3.22. The van der Waals surface area contributed by atoms with E-state index in [1.54, 1.807) is 0 Å². The van der Waals surface area contributed by atoms with E-state index in [0.717, 1.165) is 5.56 Å². The number of rotatable bonds is 3. The molecule has 0 saturated carbocycles. The molecule has 0 fully saturated rings. The Bertz CT molecular complexity index is 407. The fourth-order valence-electron chi connectivity index (χ4n) is 1.88. The van der Waals surface area contributed by atoms with Gasteiger partial charge in [0.05, 0.1) is 5.69 Å². The Morgan fingerprint density at radius 1 is 1.22 bits per heavy atom. The molecule has 0 aliphatic rings. The van der Waals surface area contributed by atoms with Crippen LogP contribution in [0.3, 0.4) is 0 Å². The van der Waals surface area contributed by atoms with E-state index in [1.807, 2.05) is 31.0 Å². The van der Waals surface area contributed by atoms with Crippen LogP contribution in [0.5, 0.6) is 0 Å². The largest absolute Gasteiger partial charge is 0.369 e. The highest BCUT2D eigenvalue weighted by Crippen LogP contribution is 2.29. The summed E-state index contributed by atoms with van der Waals surface area (Å²) in [6.45, 7) is 10.4. The zero-order valence-electron chi connectivity index (χ0n) is 12.3. The monoisotopic (exact) mass is 252 g/mol. The number of hydrogen-bond donors (Lipinski definition) is 1. The number of halogens is 1. The van der Waals surface area contributed by atoms with E-state index in [2.05, 4.69) is 27.7 Å². The van der Waals surface area contributed by atoms with Crippen LogP contribution < -0.4 is 10.6 Å². The minimum atomic E-state index is -0.205. The standard InChI is InChI=1S/C15H25FN2/c1-10(17)12-7-8-14(13(16)9-12)18(6)11(2)15(3,4)5/h7-11H,17H2,1-6H3. The summed E-state index contributed by atoms with van der Waals surface area (Å²) in [5.74, 6) is -0.205. The molecule has 1 aromatic carbocycles. The Morgan fingerprint density at radius 3 is 2.17 bits per heavy atom. The van der Waals surface area contributed by atoms with Gasteiger partial charge in [-0.25, -0.2) is 4.39 Å². The molecular formula is C15H25FN2. The van der Waals surface area contributed by atoms with Crippen molar-refractivity contribution in [2.75, 3.05) is 11.9 Å². The Kier molecular flexibility index (Phi) is 4.38. The highest BCUT2D eigenvalue weighted by molar-refractivity contribution is 5.50. The molecule has 0 heterocycles. The lowest BCUT2D eigenvalue weighted by atomic mass is 9.87. The Labute approximate surface area is 110 Å². The molecule has 18 heavy (non-hydrogen) atoms. The molecule has 0 saturated heterocycles. The van der Waals surface area contributed by atoms with Gasteiger partial charge in [0.1, 0.15) is 5.82 Å². The van der Waals surface area contributed by atoms with Crippen LogP contribution in [0, 0.1) is 11.2 Å². The van der Waals surface area contributed by atoms with Gasteiger partial charge in [0.15, 0.2) is 0 Å². The van der Waals surface area contributed by atoms with Crippen molar-refractivity contribution in [3.8, 4) is 0 Å². The van der Waals surface area contributed by atoms with E-state index in [9.17, 15) is 4.39 Å². The fourth-order valence-corrected chi connectivity index (χ4v) is 1.88. The van der Waals surface area contributed by atoms with Crippen molar-refractivity contribution in [2.24, 2.45) is 11.1 Å². The molecule has 2 N–H and O–H groups in total. The Balaban J connectivity index is 3.04. The summed E-state index contributed by atoms with van der Waals surface area (Å²) in [6.07, 6.45) is 0. The average Bonchev–Trinajstić information content (AvgIpc) is 2.25. The number of anilines is 1. The molecule has 1 aromatic rings. The molecule has 0 aromatic heterocycles. The van der Waals surface area contributed by atoms with Crippen LogP contribution in [-0.4, -0.2) is 13.1 Å². The SMILES string of the molecule is CC(N)c1ccc(N(C)C(C)C(C)(C)C)c(F)c1. The topological polar surface area (TPSA) is 29.3 Å². The average molecular weight is 252 g/mol.